The maximum absolute atomic E-state index is 5.80. The Balaban J connectivity index is 4.23. The molecule has 0 N–H and O–H groups in total. The number of rotatable bonds is 11. The van der Waals surface area contributed by atoms with Crippen LogP contribution in [-0.4, -0.2) is 48.2 Å². The van der Waals surface area contributed by atoms with Crippen LogP contribution in [0.4, 0.5) is 0 Å². The topological polar surface area (TPSA) is 36.9 Å². The summed E-state index contributed by atoms with van der Waals surface area (Å²) in [6.45, 7) is 10.2. The van der Waals surface area contributed by atoms with Crippen molar-refractivity contribution in [1.82, 2.24) is 0 Å². The molecule has 7 heteroatoms. The average Bonchev–Trinajstić information content (AvgIpc) is 2.30. The van der Waals surface area contributed by atoms with Gasteiger partial charge in [-0.1, -0.05) is 0 Å². The third-order valence-electron chi connectivity index (χ3n) is 2.59. The van der Waals surface area contributed by atoms with Gasteiger partial charge in [-0.25, -0.2) is 0 Å². The second-order valence-electron chi connectivity index (χ2n) is 3.92. The summed E-state index contributed by atoms with van der Waals surface area (Å²) in [5.41, 5.74) is 0. The zero-order valence-electron chi connectivity index (χ0n) is 12.0. The summed E-state index contributed by atoms with van der Waals surface area (Å²) in [6.07, 6.45) is 1.10. The number of hydrogen-bond donors (Lipinski definition) is 0. The van der Waals surface area contributed by atoms with Gasteiger partial charge in [0.2, 0.25) is 0 Å². The lowest BCUT2D eigenvalue weighted by Gasteiger charge is -2.28. The van der Waals surface area contributed by atoms with Crippen LogP contribution in [0.2, 0.25) is 18.6 Å². The minimum absolute atomic E-state index is 0.663. The van der Waals surface area contributed by atoms with Gasteiger partial charge in [-0.15, -0.1) is 0 Å². The lowest BCUT2D eigenvalue weighted by Crippen LogP contribution is -2.46. The molecule has 1 unspecified atom stereocenters. The van der Waals surface area contributed by atoms with Crippen LogP contribution in [0.1, 0.15) is 27.2 Å². The quantitative estimate of drug-likeness (QED) is 0.535. The molecular formula is C10H28O4Si3. The van der Waals surface area contributed by atoms with Gasteiger partial charge in [0.05, 0.1) is 0 Å². The molecule has 104 valence electrons. The second-order valence-corrected chi connectivity index (χ2v) is 10.7. The maximum Gasteiger partial charge on any atom is 0.500 e. The van der Waals surface area contributed by atoms with Gasteiger partial charge in [-0.2, -0.15) is 0 Å². The zero-order chi connectivity index (χ0) is 13.1. The summed E-state index contributed by atoms with van der Waals surface area (Å²) in [4.78, 5) is 0. The van der Waals surface area contributed by atoms with Gasteiger partial charge in [0.25, 0.3) is 0 Å². The van der Waals surface area contributed by atoms with E-state index in [-0.39, 0.29) is 0 Å². The van der Waals surface area contributed by atoms with Crippen molar-refractivity contribution in [3.63, 3.8) is 0 Å². The third-order valence-corrected chi connectivity index (χ3v) is 10.2. The smallest absolute Gasteiger partial charge is 0.466 e. The molecule has 0 fully saturated rings. The van der Waals surface area contributed by atoms with Crippen molar-refractivity contribution in [1.29, 1.82) is 0 Å². The first kappa shape index (κ1) is 17.5. The molecule has 0 saturated heterocycles. The molecule has 0 rings (SSSR count). The van der Waals surface area contributed by atoms with E-state index in [1.54, 1.807) is 0 Å². The van der Waals surface area contributed by atoms with Crippen LogP contribution < -0.4 is 0 Å². The Kier molecular flexibility index (Phi) is 10.7. The standard InChI is InChI=1S/C10H28O4Si3/c1-5-11-17(12-6-2,13-7-3)10-8-9-16(4)14-15/h16H,5-10H2,1-4,15H3. The van der Waals surface area contributed by atoms with E-state index in [0.717, 1.165) is 23.0 Å². The number of hydrogen-bond acceptors (Lipinski definition) is 4. The molecule has 0 bridgehead atoms. The van der Waals surface area contributed by atoms with E-state index < -0.39 is 17.8 Å². The molecular weight excluding hydrogens is 268 g/mol. The van der Waals surface area contributed by atoms with Crippen LogP contribution in [0, 0.1) is 0 Å². The van der Waals surface area contributed by atoms with Crippen LogP contribution in [0.25, 0.3) is 0 Å². The molecule has 0 aromatic heterocycles. The molecule has 4 nitrogen and oxygen atoms in total. The molecule has 0 aromatic rings. The van der Waals surface area contributed by atoms with E-state index in [0.29, 0.717) is 19.8 Å². The summed E-state index contributed by atoms with van der Waals surface area (Å²) in [7, 11) is -2.45. The Bertz CT molecular complexity index is 166. The summed E-state index contributed by atoms with van der Waals surface area (Å²) >= 11 is 0. The van der Waals surface area contributed by atoms with E-state index in [9.17, 15) is 0 Å². The summed E-state index contributed by atoms with van der Waals surface area (Å²) in [5.74, 6) is 0. The fourth-order valence-electron chi connectivity index (χ4n) is 1.73. The first-order chi connectivity index (χ1) is 8.14. The molecule has 0 spiro atoms. The van der Waals surface area contributed by atoms with Gasteiger partial charge in [-0.05, 0) is 39.8 Å². The highest BCUT2D eigenvalue weighted by molar-refractivity contribution is 6.61. The van der Waals surface area contributed by atoms with Gasteiger partial charge in [0, 0.05) is 25.9 Å². The molecule has 0 radical (unpaired) electrons. The lowest BCUT2D eigenvalue weighted by molar-refractivity contribution is 0.0711. The first-order valence-electron chi connectivity index (χ1n) is 6.58. The SMILES string of the molecule is CCO[Si](CCC[SiH](C)O[SiH3])(OCC)OCC. The normalized spacial score (nSPS) is 14.1. The van der Waals surface area contributed by atoms with E-state index in [4.69, 9.17) is 17.4 Å². The Hall–Kier alpha value is 0.491. The van der Waals surface area contributed by atoms with E-state index >= 15 is 0 Å². The van der Waals surface area contributed by atoms with Gasteiger partial charge >= 0.3 is 8.80 Å². The molecule has 0 aliphatic heterocycles. The van der Waals surface area contributed by atoms with Crippen LogP contribution in [0.15, 0.2) is 0 Å². The van der Waals surface area contributed by atoms with Crippen molar-refractivity contribution >= 4 is 28.3 Å². The Morgan fingerprint density at radius 1 is 1.00 bits per heavy atom. The highest BCUT2D eigenvalue weighted by Crippen LogP contribution is 2.20. The molecule has 0 amide bonds. The first-order valence-corrected chi connectivity index (χ1v) is 11.8. The van der Waals surface area contributed by atoms with Crippen molar-refractivity contribution in [3.8, 4) is 0 Å². The van der Waals surface area contributed by atoms with Crippen molar-refractivity contribution < 1.29 is 17.4 Å². The van der Waals surface area contributed by atoms with Gasteiger partial charge in [0.1, 0.15) is 10.5 Å². The van der Waals surface area contributed by atoms with Crippen LogP contribution >= 0.6 is 0 Å². The van der Waals surface area contributed by atoms with E-state index in [1.165, 1.54) is 6.04 Å². The van der Waals surface area contributed by atoms with Gasteiger partial charge < -0.3 is 17.4 Å². The molecule has 1 atom stereocenters. The maximum atomic E-state index is 5.80. The largest absolute Gasteiger partial charge is 0.500 e. The van der Waals surface area contributed by atoms with Crippen molar-refractivity contribution in [2.75, 3.05) is 19.8 Å². The van der Waals surface area contributed by atoms with Crippen molar-refractivity contribution in [2.45, 2.75) is 45.8 Å². The fourth-order valence-corrected chi connectivity index (χ4v) is 6.49. The lowest BCUT2D eigenvalue weighted by atomic mass is 10.6. The van der Waals surface area contributed by atoms with Gasteiger partial charge in [-0.3, -0.25) is 0 Å². The summed E-state index contributed by atoms with van der Waals surface area (Å²) in [6, 6.07) is 2.11. The molecule has 0 heterocycles. The van der Waals surface area contributed by atoms with Crippen molar-refractivity contribution in [2.24, 2.45) is 0 Å². The fraction of sp³-hybridized carbons (Fsp3) is 1.00. The predicted octanol–water partition coefficient (Wildman–Crippen LogP) is 1.08. The monoisotopic (exact) mass is 296 g/mol. The van der Waals surface area contributed by atoms with E-state index in [2.05, 4.69) is 6.55 Å². The zero-order valence-corrected chi connectivity index (χ0v) is 16.1. The minimum Gasteiger partial charge on any atom is -0.466 e. The highest BCUT2D eigenvalue weighted by atomic mass is 28.4. The minimum atomic E-state index is -2.40. The third kappa shape index (κ3) is 7.50. The summed E-state index contributed by atoms with van der Waals surface area (Å²) < 4.78 is 22.9. The predicted molar refractivity (Wildman–Crippen MR) is 78.9 cm³/mol. The molecule has 0 aromatic carbocycles. The molecule has 0 aliphatic carbocycles. The summed E-state index contributed by atoms with van der Waals surface area (Å²) in [5, 5.41) is 0. The van der Waals surface area contributed by atoms with Crippen molar-refractivity contribution in [3.05, 3.63) is 0 Å². The molecule has 0 aliphatic rings. The molecule has 17 heavy (non-hydrogen) atoms. The highest BCUT2D eigenvalue weighted by Gasteiger charge is 2.39. The average molecular weight is 297 g/mol. The Labute approximate surface area is 112 Å². The van der Waals surface area contributed by atoms with E-state index in [1.807, 2.05) is 20.8 Å². The van der Waals surface area contributed by atoms with Crippen LogP contribution in [-0.2, 0) is 17.4 Å². The van der Waals surface area contributed by atoms with Gasteiger partial charge in [0.15, 0.2) is 9.04 Å². The van der Waals surface area contributed by atoms with Crippen LogP contribution in [0.3, 0.4) is 0 Å². The Morgan fingerprint density at radius 3 is 1.82 bits per heavy atom. The van der Waals surface area contributed by atoms with Crippen LogP contribution in [0.5, 0.6) is 0 Å². The Morgan fingerprint density at radius 2 is 1.47 bits per heavy atom. The second kappa shape index (κ2) is 10.4. The molecule has 0 saturated carbocycles.